The van der Waals surface area contributed by atoms with Gasteiger partial charge in [0.25, 0.3) is 0 Å². The zero-order valence-electron chi connectivity index (χ0n) is 13.1. The zero-order valence-corrected chi connectivity index (χ0v) is 14.7. The summed E-state index contributed by atoms with van der Waals surface area (Å²) in [6, 6.07) is 1.40. The second-order valence-electron chi connectivity index (χ2n) is 6.27. The van der Waals surface area contributed by atoms with E-state index in [4.69, 9.17) is 4.74 Å². The molecule has 0 spiro atoms. The maximum atomic E-state index is 14.0. The summed E-state index contributed by atoms with van der Waals surface area (Å²) in [6.45, 7) is 7.81. The lowest BCUT2D eigenvalue weighted by Crippen LogP contribution is -2.39. The van der Waals surface area contributed by atoms with E-state index in [0.29, 0.717) is 36.5 Å². The molecule has 0 unspecified atom stereocenters. The van der Waals surface area contributed by atoms with Crippen molar-refractivity contribution in [2.45, 2.75) is 32.8 Å². The standard InChI is InChI=1S/C15H21BrFN3O2/c1-15(2,3)22-14(21)20-6-4-5-19(7-8-20)13-12(17)9-11(16)10-18-13/h9-10H,4-8H2,1-3H3. The zero-order chi connectivity index (χ0) is 16.3. The number of carbonyl (C=O) groups excluding carboxylic acids is 1. The first-order valence-electron chi connectivity index (χ1n) is 7.30. The van der Waals surface area contributed by atoms with E-state index in [-0.39, 0.29) is 11.9 Å². The van der Waals surface area contributed by atoms with Crippen LogP contribution in [-0.4, -0.2) is 47.8 Å². The number of rotatable bonds is 1. The molecule has 122 valence electrons. The highest BCUT2D eigenvalue weighted by molar-refractivity contribution is 9.10. The van der Waals surface area contributed by atoms with Gasteiger partial charge in [-0.3, -0.25) is 0 Å². The van der Waals surface area contributed by atoms with Crippen LogP contribution in [0, 0.1) is 5.82 Å². The summed E-state index contributed by atoms with van der Waals surface area (Å²) < 4.78 is 20.0. The van der Waals surface area contributed by atoms with Crippen molar-refractivity contribution in [2.75, 3.05) is 31.1 Å². The van der Waals surface area contributed by atoms with Gasteiger partial charge in [0.15, 0.2) is 11.6 Å². The van der Waals surface area contributed by atoms with E-state index < -0.39 is 5.60 Å². The number of amides is 1. The predicted molar refractivity (Wildman–Crippen MR) is 86.5 cm³/mol. The van der Waals surface area contributed by atoms with E-state index in [1.807, 2.05) is 25.7 Å². The number of nitrogens with zero attached hydrogens (tertiary/aromatic N) is 3. The molecule has 7 heteroatoms. The fourth-order valence-corrected chi connectivity index (χ4v) is 2.58. The molecule has 0 atom stereocenters. The van der Waals surface area contributed by atoms with Crippen LogP contribution < -0.4 is 4.90 Å². The molecule has 1 aromatic rings. The van der Waals surface area contributed by atoms with E-state index in [1.165, 1.54) is 6.07 Å². The van der Waals surface area contributed by atoms with Crippen LogP contribution in [0.4, 0.5) is 15.0 Å². The van der Waals surface area contributed by atoms with Crippen molar-refractivity contribution >= 4 is 27.8 Å². The third kappa shape index (κ3) is 4.56. The normalized spacial score (nSPS) is 16.4. The molecule has 1 amide bonds. The molecule has 2 rings (SSSR count). The Hall–Kier alpha value is -1.37. The lowest BCUT2D eigenvalue weighted by Gasteiger charge is -2.26. The van der Waals surface area contributed by atoms with Gasteiger partial charge in [-0.15, -0.1) is 0 Å². The van der Waals surface area contributed by atoms with Crippen LogP contribution in [-0.2, 0) is 4.74 Å². The van der Waals surface area contributed by atoms with Crippen molar-refractivity contribution in [3.05, 3.63) is 22.6 Å². The highest BCUT2D eigenvalue weighted by atomic mass is 79.9. The number of pyridine rings is 1. The molecular weight excluding hydrogens is 353 g/mol. The number of halogens is 2. The molecule has 0 aromatic carbocycles. The Morgan fingerprint density at radius 3 is 2.68 bits per heavy atom. The molecule has 0 saturated carbocycles. The van der Waals surface area contributed by atoms with E-state index >= 15 is 0 Å². The van der Waals surface area contributed by atoms with Gasteiger partial charge in [0.2, 0.25) is 0 Å². The smallest absolute Gasteiger partial charge is 0.410 e. The number of carbonyl (C=O) groups is 1. The maximum Gasteiger partial charge on any atom is 0.410 e. The third-order valence-corrected chi connectivity index (χ3v) is 3.67. The Bertz CT molecular complexity index is 548. The van der Waals surface area contributed by atoms with Crippen LogP contribution in [0.15, 0.2) is 16.7 Å². The van der Waals surface area contributed by atoms with Crippen LogP contribution in [0.5, 0.6) is 0 Å². The van der Waals surface area contributed by atoms with E-state index in [1.54, 1.807) is 11.1 Å². The minimum absolute atomic E-state index is 0.321. The van der Waals surface area contributed by atoms with Gasteiger partial charge < -0.3 is 14.5 Å². The molecule has 1 saturated heterocycles. The van der Waals surface area contributed by atoms with E-state index in [0.717, 1.165) is 6.42 Å². The van der Waals surface area contributed by atoms with Gasteiger partial charge in [0.1, 0.15) is 5.60 Å². The van der Waals surface area contributed by atoms with E-state index in [2.05, 4.69) is 20.9 Å². The quantitative estimate of drug-likeness (QED) is 0.756. The van der Waals surface area contributed by atoms with Crippen LogP contribution in [0.25, 0.3) is 0 Å². The SMILES string of the molecule is CC(C)(C)OC(=O)N1CCCN(c2ncc(Br)cc2F)CC1. The predicted octanol–water partition coefficient (Wildman–Crippen LogP) is 3.43. The molecule has 1 aliphatic rings. The molecular formula is C15H21BrFN3O2. The second kappa shape index (κ2) is 6.81. The average Bonchev–Trinajstić information content (AvgIpc) is 2.62. The van der Waals surface area contributed by atoms with Gasteiger partial charge in [0.05, 0.1) is 0 Å². The van der Waals surface area contributed by atoms with Gasteiger partial charge in [-0.05, 0) is 49.2 Å². The molecule has 0 radical (unpaired) electrons. The molecule has 0 aliphatic carbocycles. The first-order chi connectivity index (χ1) is 10.3. The lowest BCUT2D eigenvalue weighted by molar-refractivity contribution is 0.0263. The van der Waals surface area contributed by atoms with E-state index in [9.17, 15) is 9.18 Å². The Balaban J connectivity index is 2.02. The molecule has 0 bridgehead atoms. The number of hydrogen-bond acceptors (Lipinski definition) is 4. The fraction of sp³-hybridized carbons (Fsp3) is 0.600. The molecule has 0 N–H and O–H groups in total. The van der Waals surface area contributed by atoms with Gasteiger partial charge in [-0.2, -0.15) is 0 Å². The third-order valence-electron chi connectivity index (χ3n) is 3.24. The molecule has 1 aliphatic heterocycles. The topological polar surface area (TPSA) is 45.7 Å². The summed E-state index contributed by atoms with van der Waals surface area (Å²) in [7, 11) is 0. The monoisotopic (exact) mass is 373 g/mol. The van der Waals surface area contributed by atoms with Crippen molar-refractivity contribution in [1.82, 2.24) is 9.88 Å². The van der Waals surface area contributed by atoms with Crippen molar-refractivity contribution in [1.29, 1.82) is 0 Å². The summed E-state index contributed by atoms with van der Waals surface area (Å²) >= 11 is 3.20. The van der Waals surface area contributed by atoms with Gasteiger partial charge >= 0.3 is 6.09 Å². The molecule has 22 heavy (non-hydrogen) atoms. The minimum Gasteiger partial charge on any atom is -0.444 e. The molecule has 2 heterocycles. The van der Waals surface area contributed by atoms with Crippen molar-refractivity contribution in [3.63, 3.8) is 0 Å². The average molecular weight is 374 g/mol. The molecule has 1 aromatic heterocycles. The Kier molecular flexibility index (Phi) is 5.26. The van der Waals surface area contributed by atoms with Crippen molar-refractivity contribution in [2.24, 2.45) is 0 Å². The van der Waals surface area contributed by atoms with Crippen molar-refractivity contribution in [3.8, 4) is 0 Å². The first kappa shape index (κ1) is 17.0. The Morgan fingerprint density at radius 2 is 2.05 bits per heavy atom. The number of hydrogen-bond donors (Lipinski definition) is 0. The molecule has 1 fully saturated rings. The Morgan fingerprint density at radius 1 is 1.32 bits per heavy atom. The van der Waals surface area contributed by atoms with Gasteiger partial charge in [-0.25, -0.2) is 14.2 Å². The summed E-state index contributed by atoms with van der Waals surface area (Å²) in [5, 5.41) is 0. The van der Waals surface area contributed by atoms with Crippen LogP contribution in [0.2, 0.25) is 0 Å². The van der Waals surface area contributed by atoms with Crippen LogP contribution >= 0.6 is 15.9 Å². The first-order valence-corrected chi connectivity index (χ1v) is 8.09. The lowest BCUT2D eigenvalue weighted by atomic mass is 10.2. The van der Waals surface area contributed by atoms with Gasteiger partial charge in [0, 0.05) is 36.8 Å². The fourth-order valence-electron chi connectivity index (χ4n) is 2.28. The second-order valence-corrected chi connectivity index (χ2v) is 7.18. The summed E-state index contributed by atoms with van der Waals surface area (Å²) in [4.78, 5) is 19.8. The minimum atomic E-state index is -0.511. The number of ether oxygens (including phenoxy) is 1. The Labute approximate surface area is 138 Å². The summed E-state index contributed by atoms with van der Waals surface area (Å²) in [6.07, 6.45) is 2.00. The van der Waals surface area contributed by atoms with Gasteiger partial charge in [-0.1, -0.05) is 0 Å². The maximum absolute atomic E-state index is 14.0. The molecule has 5 nitrogen and oxygen atoms in total. The number of anilines is 1. The summed E-state index contributed by atoms with van der Waals surface area (Å²) in [5.41, 5.74) is -0.511. The number of aromatic nitrogens is 1. The summed E-state index contributed by atoms with van der Waals surface area (Å²) in [5.74, 6) is -0.0330. The van der Waals surface area contributed by atoms with Crippen LogP contribution in [0.1, 0.15) is 27.2 Å². The van der Waals surface area contributed by atoms with Crippen LogP contribution in [0.3, 0.4) is 0 Å². The highest BCUT2D eigenvalue weighted by Gasteiger charge is 2.25. The highest BCUT2D eigenvalue weighted by Crippen LogP contribution is 2.21. The largest absolute Gasteiger partial charge is 0.444 e. The van der Waals surface area contributed by atoms with Crippen molar-refractivity contribution < 1.29 is 13.9 Å².